The second-order valence-electron chi connectivity index (χ2n) is 6.42. The second-order valence-corrected chi connectivity index (χ2v) is 6.86. The molecule has 0 spiro atoms. The van der Waals surface area contributed by atoms with Crippen LogP contribution in [0.4, 0.5) is 0 Å². The molecule has 26 heavy (non-hydrogen) atoms. The van der Waals surface area contributed by atoms with E-state index >= 15 is 0 Å². The fraction of sp³-hybridized carbons (Fsp3) is 0.350. The third kappa shape index (κ3) is 4.82. The summed E-state index contributed by atoms with van der Waals surface area (Å²) in [5, 5.41) is 3.55. The van der Waals surface area contributed by atoms with Crippen molar-refractivity contribution in [2.24, 2.45) is 0 Å². The van der Waals surface area contributed by atoms with Crippen LogP contribution in [0.15, 0.2) is 48.8 Å². The van der Waals surface area contributed by atoms with Gasteiger partial charge >= 0.3 is 5.97 Å². The van der Waals surface area contributed by atoms with Crippen LogP contribution in [0.5, 0.6) is 0 Å². The van der Waals surface area contributed by atoms with Crippen molar-refractivity contribution in [2.75, 3.05) is 0 Å². The van der Waals surface area contributed by atoms with Gasteiger partial charge in [0.1, 0.15) is 0 Å². The van der Waals surface area contributed by atoms with Crippen molar-refractivity contribution >= 4 is 23.5 Å². The van der Waals surface area contributed by atoms with Gasteiger partial charge in [0.25, 0.3) is 5.91 Å². The maximum Gasteiger partial charge on any atom is 0.339 e. The molecular formula is C20H21ClN2O3. The summed E-state index contributed by atoms with van der Waals surface area (Å²) in [7, 11) is 0. The number of nitrogens with one attached hydrogen (secondary N) is 1. The average Bonchev–Trinajstić information content (AvgIpc) is 2.68. The number of carbonyl (C=O) groups excluding carboxylic acids is 2. The number of aromatic nitrogens is 1. The van der Waals surface area contributed by atoms with E-state index < -0.39 is 12.1 Å². The molecule has 1 fully saturated rings. The Morgan fingerprint density at radius 3 is 2.50 bits per heavy atom. The Balaban J connectivity index is 1.75. The number of esters is 1. The zero-order chi connectivity index (χ0) is 18.4. The highest BCUT2D eigenvalue weighted by atomic mass is 35.5. The number of ether oxygens (including phenoxy) is 1. The molecule has 1 heterocycles. The molecule has 1 aromatic heterocycles. The van der Waals surface area contributed by atoms with Crippen LogP contribution in [-0.2, 0) is 9.53 Å². The SMILES string of the molecule is O=C(OC(C(=O)NC1CCCCC1)c1cccnc1)c1ccc(Cl)cc1. The molecule has 0 bridgehead atoms. The van der Waals surface area contributed by atoms with Gasteiger partial charge in [0.05, 0.1) is 5.56 Å². The molecule has 6 heteroatoms. The lowest BCUT2D eigenvalue weighted by Gasteiger charge is -2.25. The Morgan fingerprint density at radius 2 is 1.85 bits per heavy atom. The van der Waals surface area contributed by atoms with E-state index in [9.17, 15) is 9.59 Å². The summed E-state index contributed by atoms with van der Waals surface area (Å²) < 4.78 is 5.53. The first kappa shape index (κ1) is 18.4. The van der Waals surface area contributed by atoms with Gasteiger partial charge < -0.3 is 10.1 Å². The molecule has 1 aromatic carbocycles. The van der Waals surface area contributed by atoms with Gasteiger partial charge in [0, 0.05) is 29.0 Å². The van der Waals surface area contributed by atoms with Crippen LogP contribution < -0.4 is 5.32 Å². The molecule has 136 valence electrons. The van der Waals surface area contributed by atoms with E-state index in [4.69, 9.17) is 16.3 Å². The molecule has 1 N–H and O–H groups in total. The van der Waals surface area contributed by atoms with Crippen molar-refractivity contribution in [2.45, 2.75) is 44.2 Å². The predicted octanol–water partition coefficient (Wildman–Crippen LogP) is 4.08. The van der Waals surface area contributed by atoms with E-state index in [-0.39, 0.29) is 11.9 Å². The fourth-order valence-corrected chi connectivity index (χ4v) is 3.21. The lowest BCUT2D eigenvalue weighted by Crippen LogP contribution is -2.40. The van der Waals surface area contributed by atoms with Gasteiger partial charge in [-0.1, -0.05) is 36.9 Å². The lowest BCUT2D eigenvalue weighted by atomic mass is 9.95. The molecule has 1 amide bonds. The van der Waals surface area contributed by atoms with Crippen LogP contribution >= 0.6 is 11.6 Å². The molecule has 1 saturated carbocycles. The molecule has 1 aliphatic rings. The monoisotopic (exact) mass is 372 g/mol. The lowest BCUT2D eigenvalue weighted by molar-refractivity contribution is -0.131. The standard InChI is InChI=1S/C20H21ClN2O3/c21-16-10-8-14(9-11-16)20(25)26-18(15-5-4-12-22-13-15)19(24)23-17-6-2-1-3-7-17/h4-5,8-13,17-18H,1-3,6-7H2,(H,23,24). The van der Waals surface area contributed by atoms with Crippen LogP contribution in [-0.4, -0.2) is 22.9 Å². The summed E-state index contributed by atoms with van der Waals surface area (Å²) in [6, 6.07) is 9.94. The number of rotatable bonds is 5. The zero-order valence-electron chi connectivity index (χ0n) is 14.4. The van der Waals surface area contributed by atoms with Gasteiger partial charge in [-0.05, 0) is 43.2 Å². The Bertz CT molecular complexity index is 743. The Kier molecular flexibility index (Phi) is 6.23. The second kappa shape index (κ2) is 8.81. The van der Waals surface area contributed by atoms with Gasteiger partial charge in [-0.3, -0.25) is 9.78 Å². The number of hydrogen-bond acceptors (Lipinski definition) is 4. The molecule has 0 radical (unpaired) electrons. The highest BCUT2D eigenvalue weighted by Crippen LogP contribution is 2.22. The quantitative estimate of drug-likeness (QED) is 0.803. The molecule has 3 rings (SSSR count). The summed E-state index contributed by atoms with van der Waals surface area (Å²) in [6.07, 6.45) is 7.44. The molecular weight excluding hydrogens is 352 g/mol. The maximum atomic E-state index is 12.8. The van der Waals surface area contributed by atoms with Crippen molar-refractivity contribution in [3.8, 4) is 0 Å². The molecule has 1 atom stereocenters. The van der Waals surface area contributed by atoms with Crippen molar-refractivity contribution in [3.63, 3.8) is 0 Å². The summed E-state index contributed by atoms with van der Waals surface area (Å²) in [5.41, 5.74) is 0.886. The molecule has 0 saturated heterocycles. The van der Waals surface area contributed by atoms with Crippen LogP contribution in [0.1, 0.15) is 54.1 Å². The van der Waals surface area contributed by atoms with Crippen LogP contribution in [0.2, 0.25) is 5.02 Å². The number of nitrogens with zero attached hydrogens (tertiary/aromatic N) is 1. The molecule has 1 unspecified atom stereocenters. The van der Waals surface area contributed by atoms with Gasteiger partial charge in [-0.25, -0.2) is 4.79 Å². The summed E-state index contributed by atoms with van der Waals surface area (Å²) in [6.45, 7) is 0. The Hall–Kier alpha value is -2.40. The first-order valence-electron chi connectivity index (χ1n) is 8.80. The topological polar surface area (TPSA) is 68.3 Å². The van der Waals surface area contributed by atoms with Crippen LogP contribution in [0, 0.1) is 0 Å². The van der Waals surface area contributed by atoms with Gasteiger partial charge in [0.2, 0.25) is 6.10 Å². The third-order valence-corrected chi connectivity index (χ3v) is 4.73. The number of pyridine rings is 1. The average molecular weight is 373 g/mol. The number of carbonyl (C=O) groups is 2. The highest BCUT2D eigenvalue weighted by molar-refractivity contribution is 6.30. The number of hydrogen-bond donors (Lipinski definition) is 1. The summed E-state index contributed by atoms with van der Waals surface area (Å²) in [4.78, 5) is 29.3. The van der Waals surface area contributed by atoms with E-state index in [1.165, 1.54) is 6.42 Å². The van der Waals surface area contributed by atoms with Gasteiger partial charge in [-0.2, -0.15) is 0 Å². The fourth-order valence-electron chi connectivity index (χ4n) is 3.09. The number of amides is 1. The first-order valence-corrected chi connectivity index (χ1v) is 9.18. The Labute approximate surface area is 157 Å². The number of benzene rings is 1. The predicted molar refractivity (Wildman–Crippen MR) is 98.9 cm³/mol. The molecule has 5 nitrogen and oxygen atoms in total. The minimum absolute atomic E-state index is 0.129. The van der Waals surface area contributed by atoms with E-state index in [1.54, 1.807) is 48.8 Å². The molecule has 0 aliphatic heterocycles. The minimum atomic E-state index is -1.03. The van der Waals surface area contributed by atoms with Crippen molar-refractivity contribution < 1.29 is 14.3 Å². The Morgan fingerprint density at radius 1 is 1.12 bits per heavy atom. The van der Waals surface area contributed by atoms with Gasteiger partial charge in [0.15, 0.2) is 0 Å². The van der Waals surface area contributed by atoms with E-state index in [2.05, 4.69) is 10.3 Å². The van der Waals surface area contributed by atoms with Crippen molar-refractivity contribution in [3.05, 3.63) is 64.9 Å². The largest absolute Gasteiger partial charge is 0.444 e. The smallest absolute Gasteiger partial charge is 0.339 e. The first-order chi connectivity index (χ1) is 12.6. The summed E-state index contributed by atoms with van der Waals surface area (Å²) in [5.74, 6) is -0.887. The van der Waals surface area contributed by atoms with Crippen LogP contribution in [0.3, 0.4) is 0 Å². The van der Waals surface area contributed by atoms with E-state index in [1.807, 2.05) is 0 Å². The van der Waals surface area contributed by atoms with Gasteiger partial charge in [-0.15, -0.1) is 0 Å². The maximum absolute atomic E-state index is 12.8. The highest BCUT2D eigenvalue weighted by Gasteiger charge is 2.28. The normalized spacial score (nSPS) is 15.9. The summed E-state index contributed by atoms with van der Waals surface area (Å²) >= 11 is 5.85. The zero-order valence-corrected chi connectivity index (χ0v) is 15.1. The minimum Gasteiger partial charge on any atom is -0.444 e. The third-order valence-electron chi connectivity index (χ3n) is 4.48. The van der Waals surface area contributed by atoms with Crippen molar-refractivity contribution in [1.29, 1.82) is 0 Å². The van der Waals surface area contributed by atoms with E-state index in [0.717, 1.165) is 25.7 Å². The van der Waals surface area contributed by atoms with Crippen molar-refractivity contribution in [1.82, 2.24) is 10.3 Å². The molecule has 1 aliphatic carbocycles. The van der Waals surface area contributed by atoms with Crippen LogP contribution in [0.25, 0.3) is 0 Å². The molecule has 2 aromatic rings. The number of halogens is 1. The van der Waals surface area contributed by atoms with E-state index in [0.29, 0.717) is 16.1 Å².